The Balaban J connectivity index is 1.90. The number of carbonyl (C=O) groups excluding carboxylic acids is 3. The number of amides is 1. The lowest BCUT2D eigenvalue weighted by molar-refractivity contribution is -0.384. The maximum Gasteiger partial charge on any atom is 0.313 e. The van der Waals surface area contributed by atoms with E-state index < -0.39 is 43.5 Å². The fourth-order valence-electron chi connectivity index (χ4n) is 3.51. The Labute approximate surface area is 195 Å². The molecule has 10 heteroatoms. The van der Waals surface area contributed by atoms with Crippen LogP contribution in [0.2, 0.25) is 18.1 Å². The topological polar surface area (TPSA) is 125 Å². The molecule has 0 bridgehead atoms. The van der Waals surface area contributed by atoms with Gasteiger partial charge in [0.05, 0.1) is 23.0 Å². The van der Waals surface area contributed by atoms with Gasteiger partial charge in [0.1, 0.15) is 18.8 Å². The SMILES string of the molecule is CC(O[Si](C)(C)C(C)(C)C)C1C(=O)NC1[C@@H](C)C(=O)CC(=O)OCc1ccc([N+](=O)[O-])cc1. The first-order valence-electron chi connectivity index (χ1n) is 11.0. The zero-order valence-corrected chi connectivity index (χ0v) is 21.3. The van der Waals surface area contributed by atoms with Gasteiger partial charge in [-0.3, -0.25) is 24.5 Å². The summed E-state index contributed by atoms with van der Waals surface area (Å²) in [6, 6.07) is 5.24. The van der Waals surface area contributed by atoms with E-state index in [0.717, 1.165) is 0 Å². The fraction of sp³-hybridized carbons (Fsp3) is 0.609. The molecule has 1 saturated heterocycles. The Morgan fingerprint density at radius 1 is 1.18 bits per heavy atom. The average molecular weight is 479 g/mol. The lowest BCUT2D eigenvalue weighted by Crippen LogP contribution is -2.66. The van der Waals surface area contributed by atoms with Crippen molar-refractivity contribution < 1.29 is 28.5 Å². The zero-order chi connectivity index (χ0) is 25.1. The molecule has 0 saturated carbocycles. The lowest BCUT2D eigenvalue weighted by Gasteiger charge is -2.46. The summed E-state index contributed by atoms with van der Waals surface area (Å²) in [6.45, 7) is 14.1. The molecule has 0 aliphatic carbocycles. The van der Waals surface area contributed by atoms with Crippen molar-refractivity contribution in [2.24, 2.45) is 11.8 Å². The summed E-state index contributed by atoms with van der Waals surface area (Å²) in [5, 5.41) is 13.5. The first-order valence-corrected chi connectivity index (χ1v) is 13.9. The quantitative estimate of drug-likeness (QED) is 0.136. The predicted molar refractivity (Wildman–Crippen MR) is 125 cm³/mol. The molecule has 1 aromatic carbocycles. The highest BCUT2D eigenvalue weighted by atomic mass is 28.4. The van der Waals surface area contributed by atoms with Crippen molar-refractivity contribution >= 4 is 31.7 Å². The van der Waals surface area contributed by atoms with Gasteiger partial charge in [-0.15, -0.1) is 0 Å². The number of nitrogens with zero attached hydrogens (tertiary/aromatic N) is 1. The molecule has 4 atom stereocenters. The van der Waals surface area contributed by atoms with Gasteiger partial charge >= 0.3 is 5.97 Å². The molecule has 0 radical (unpaired) electrons. The lowest BCUT2D eigenvalue weighted by atomic mass is 9.77. The number of hydrogen-bond donors (Lipinski definition) is 1. The van der Waals surface area contributed by atoms with Gasteiger partial charge in [0.15, 0.2) is 8.32 Å². The van der Waals surface area contributed by atoms with Gasteiger partial charge in [0, 0.05) is 18.1 Å². The molecule has 1 N–H and O–H groups in total. The first-order chi connectivity index (χ1) is 15.1. The van der Waals surface area contributed by atoms with Crippen molar-refractivity contribution in [3.8, 4) is 0 Å². The molecule has 1 amide bonds. The van der Waals surface area contributed by atoms with E-state index >= 15 is 0 Å². The summed E-state index contributed by atoms with van der Waals surface area (Å²) in [6.07, 6.45) is -0.751. The van der Waals surface area contributed by atoms with E-state index in [9.17, 15) is 24.5 Å². The Morgan fingerprint density at radius 3 is 2.24 bits per heavy atom. The summed E-state index contributed by atoms with van der Waals surface area (Å²) < 4.78 is 11.5. The van der Waals surface area contributed by atoms with Crippen molar-refractivity contribution in [1.82, 2.24) is 5.32 Å². The number of ether oxygens (including phenoxy) is 1. The number of non-ortho nitro benzene ring substituents is 1. The van der Waals surface area contributed by atoms with Crippen molar-refractivity contribution in [3.63, 3.8) is 0 Å². The summed E-state index contributed by atoms with van der Waals surface area (Å²) in [5.74, 6) is -2.16. The van der Waals surface area contributed by atoms with E-state index in [1.54, 1.807) is 6.92 Å². The number of rotatable bonds is 10. The number of hydrogen-bond acceptors (Lipinski definition) is 7. The molecule has 3 unspecified atom stereocenters. The summed E-state index contributed by atoms with van der Waals surface area (Å²) >= 11 is 0. The highest BCUT2D eigenvalue weighted by Crippen LogP contribution is 2.39. The number of benzene rings is 1. The molecule has 33 heavy (non-hydrogen) atoms. The third-order valence-electron chi connectivity index (χ3n) is 6.70. The van der Waals surface area contributed by atoms with Crippen molar-refractivity contribution in [3.05, 3.63) is 39.9 Å². The van der Waals surface area contributed by atoms with Gasteiger partial charge in [-0.1, -0.05) is 27.7 Å². The molecule has 1 aliphatic heterocycles. The average Bonchev–Trinajstić information content (AvgIpc) is 2.68. The highest BCUT2D eigenvalue weighted by Gasteiger charge is 2.50. The molecular formula is C23H34N2O7Si. The number of nitrogens with one attached hydrogen (secondary N) is 1. The van der Waals surface area contributed by atoms with Gasteiger partial charge in [0.2, 0.25) is 5.91 Å². The normalized spacial score (nSPS) is 20.3. The second-order valence-electron chi connectivity index (χ2n) is 10.2. The highest BCUT2D eigenvalue weighted by molar-refractivity contribution is 6.74. The van der Waals surface area contributed by atoms with Crippen LogP contribution in [0.25, 0.3) is 0 Å². The summed E-state index contributed by atoms with van der Waals surface area (Å²) in [4.78, 5) is 47.3. The minimum absolute atomic E-state index is 0.00809. The van der Waals surface area contributed by atoms with Crippen LogP contribution in [0, 0.1) is 22.0 Å². The molecule has 182 valence electrons. The number of β-lactam (4-membered cyclic amide) rings is 1. The Hall–Kier alpha value is -2.59. The largest absolute Gasteiger partial charge is 0.460 e. The Kier molecular flexibility index (Phi) is 8.18. The zero-order valence-electron chi connectivity index (χ0n) is 20.3. The van der Waals surface area contributed by atoms with E-state index in [0.29, 0.717) is 5.56 Å². The Morgan fingerprint density at radius 2 is 1.76 bits per heavy atom. The Bertz CT molecular complexity index is 908. The maximum absolute atomic E-state index is 12.7. The minimum atomic E-state index is -2.09. The molecule has 1 fully saturated rings. The summed E-state index contributed by atoms with van der Waals surface area (Å²) in [5.41, 5.74) is 0.523. The number of nitro groups is 1. The maximum atomic E-state index is 12.7. The summed E-state index contributed by atoms with van der Waals surface area (Å²) in [7, 11) is -2.09. The fourth-order valence-corrected chi connectivity index (χ4v) is 4.93. The van der Waals surface area contributed by atoms with Crippen LogP contribution in [0.4, 0.5) is 5.69 Å². The predicted octanol–water partition coefficient (Wildman–Crippen LogP) is 3.76. The molecule has 0 aromatic heterocycles. The van der Waals surface area contributed by atoms with Crippen LogP contribution in [0.15, 0.2) is 24.3 Å². The van der Waals surface area contributed by atoms with Crippen LogP contribution < -0.4 is 5.32 Å². The van der Waals surface area contributed by atoms with E-state index in [4.69, 9.17) is 9.16 Å². The standard InChI is InChI=1S/C23H34N2O7Si/c1-14(21-20(22(28)24-21)15(2)32-33(6,7)23(3,4)5)18(26)12-19(27)31-13-16-8-10-17(11-9-16)25(29)30/h8-11,14-15,20-21H,12-13H2,1-7H3,(H,24,28)/t14-,15?,20?,21?/m0/s1. The van der Waals surface area contributed by atoms with Crippen LogP contribution in [-0.4, -0.2) is 43.0 Å². The van der Waals surface area contributed by atoms with E-state index in [1.807, 2.05) is 6.92 Å². The van der Waals surface area contributed by atoms with Crippen molar-refractivity contribution in [2.45, 2.75) is 77.9 Å². The molecule has 1 aromatic rings. The third kappa shape index (κ3) is 6.48. The number of nitro benzene ring substituents is 1. The number of carbonyl (C=O) groups is 3. The van der Waals surface area contributed by atoms with Crippen LogP contribution >= 0.6 is 0 Å². The van der Waals surface area contributed by atoms with Gasteiger partial charge in [-0.05, 0) is 42.8 Å². The molecule has 1 aliphatic rings. The number of esters is 1. The van der Waals surface area contributed by atoms with Crippen LogP contribution in [-0.2, 0) is 30.2 Å². The van der Waals surface area contributed by atoms with E-state index in [-0.39, 0.29) is 35.1 Å². The first kappa shape index (κ1) is 26.7. The van der Waals surface area contributed by atoms with E-state index in [1.165, 1.54) is 24.3 Å². The molecular weight excluding hydrogens is 444 g/mol. The number of Topliss-reactive ketones (excluding diaryl/α,β-unsaturated/α-hetero) is 1. The monoisotopic (exact) mass is 478 g/mol. The third-order valence-corrected chi connectivity index (χ3v) is 11.3. The molecule has 1 heterocycles. The minimum Gasteiger partial charge on any atom is -0.460 e. The van der Waals surface area contributed by atoms with Crippen LogP contribution in [0.3, 0.4) is 0 Å². The van der Waals surface area contributed by atoms with Gasteiger partial charge < -0.3 is 14.5 Å². The second-order valence-corrected chi connectivity index (χ2v) is 14.9. The molecule has 2 rings (SSSR count). The smallest absolute Gasteiger partial charge is 0.313 e. The van der Waals surface area contributed by atoms with Crippen LogP contribution in [0.1, 0.15) is 46.6 Å². The second kappa shape index (κ2) is 10.1. The van der Waals surface area contributed by atoms with Crippen molar-refractivity contribution in [2.75, 3.05) is 0 Å². The van der Waals surface area contributed by atoms with Gasteiger partial charge in [-0.2, -0.15) is 0 Å². The van der Waals surface area contributed by atoms with Gasteiger partial charge in [0.25, 0.3) is 5.69 Å². The number of ketones is 1. The van der Waals surface area contributed by atoms with E-state index in [2.05, 4.69) is 39.2 Å². The van der Waals surface area contributed by atoms with Crippen molar-refractivity contribution in [1.29, 1.82) is 0 Å². The van der Waals surface area contributed by atoms with Gasteiger partial charge in [-0.25, -0.2) is 0 Å². The molecule has 9 nitrogen and oxygen atoms in total. The molecule has 0 spiro atoms. The van der Waals surface area contributed by atoms with Crippen LogP contribution in [0.5, 0.6) is 0 Å².